The number of halogens is 2. The third kappa shape index (κ3) is 2.87. The van der Waals surface area contributed by atoms with E-state index in [2.05, 4.69) is 0 Å². The van der Waals surface area contributed by atoms with Crippen LogP contribution in [-0.4, -0.2) is 49.2 Å². The van der Waals surface area contributed by atoms with E-state index in [1.54, 1.807) is 4.90 Å². The lowest BCUT2D eigenvalue weighted by atomic mass is 9.96. The van der Waals surface area contributed by atoms with Crippen molar-refractivity contribution in [3.8, 4) is 0 Å². The number of hydrogen-bond acceptors (Lipinski definition) is 3. The number of hydrogen-bond donors (Lipinski definition) is 1. The molecule has 0 unspecified atom stereocenters. The Morgan fingerprint density at radius 3 is 2.50 bits per heavy atom. The molecule has 14 heavy (non-hydrogen) atoms. The van der Waals surface area contributed by atoms with E-state index < -0.39 is 12.5 Å². The molecule has 1 saturated heterocycles. The summed E-state index contributed by atoms with van der Waals surface area (Å²) in [5.41, 5.74) is 4.72. The van der Waals surface area contributed by atoms with Gasteiger partial charge in [0.05, 0.1) is 18.7 Å². The average molecular weight is 208 g/mol. The van der Waals surface area contributed by atoms with E-state index >= 15 is 0 Å². The number of likely N-dealkylation sites (tertiary alicyclic amines) is 1. The van der Waals surface area contributed by atoms with Gasteiger partial charge in [0, 0.05) is 19.7 Å². The van der Waals surface area contributed by atoms with Crippen LogP contribution in [0.15, 0.2) is 0 Å². The molecule has 0 amide bonds. The highest BCUT2D eigenvalue weighted by Gasteiger charge is 2.43. The molecule has 0 aromatic rings. The van der Waals surface area contributed by atoms with Crippen molar-refractivity contribution < 1.29 is 13.5 Å². The van der Waals surface area contributed by atoms with Gasteiger partial charge in [0.25, 0.3) is 5.92 Å². The lowest BCUT2D eigenvalue weighted by Gasteiger charge is -2.48. The van der Waals surface area contributed by atoms with E-state index in [1.165, 1.54) is 0 Å². The zero-order valence-electron chi connectivity index (χ0n) is 8.72. The fourth-order valence-electron chi connectivity index (χ4n) is 1.84. The van der Waals surface area contributed by atoms with Crippen molar-refractivity contribution in [2.24, 2.45) is 5.73 Å². The molecule has 0 spiro atoms. The van der Waals surface area contributed by atoms with Crippen LogP contribution in [0.2, 0.25) is 0 Å². The van der Waals surface area contributed by atoms with E-state index in [0.717, 1.165) is 0 Å². The van der Waals surface area contributed by atoms with Gasteiger partial charge in [-0.25, -0.2) is 8.78 Å². The number of nitrogens with zero attached hydrogens (tertiary/aromatic N) is 1. The van der Waals surface area contributed by atoms with Gasteiger partial charge in [-0.1, -0.05) is 0 Å². The van der Waals surface area contributed by atoms with Gasteiger partial charge in [-0.15, -0.1) is 0 Å². The van der Waals surface area contributed by atoms with Gasteiger partial charge < -0.3 is 10.5 Å². The van der Waals surface area contributed by atoms with Crippen molar-refractivity contribution in [2.75, 3.05) is 32.8 Å². The Morgan fingerprint density at radius 1 is 1.50 bits per heavy atom. The van der Waals surface area contributed by atoms with Crippen LogP contribution >= 0.6 is 0 Å². The number of alkyl halides is 2. The molecular weight excluding hydrogens is 190 g/mol. The van der Waals surface area contributed by atoms with Crippen LogP contribution in [-0.2, 0) is 4.74 Å². The fourth-order valence-corrected chi connectivity index (χ4v) is 1.84. The number of rotatable bonds is 5. The summed E-state index contributed by atoms with van der Waals surface area (Å²) < 4.78 is 31.1. The van der Waals surface area contributed by atoms with E-state index in [-0.39, 0.29) is 12.1 Å². The standard InChI is InChI=1S/C9H18F2N2O/c1-3-14-8(2)5-13(6-8)7-9(10,11)4-12/h3-7,12H2,1-2H3. The van der Waals surface area contributed by atoms with Crippen LogP contribution in [0.1, 0.15) is 13.8 Å². The van der Waals surface area contributed by atoms with Crippen LogP contribution in [0.3, 0.4) is 0 Å². The van der Waals surface area contributed by atoms with Crippen molar-refractivity contribution in [3.05, 3.63) is 0 Å². The molecule has 1 heterocycles. The fraction of sp³-hybridized carbons (Fsp3) is 1.00. The molecule has 0 saturated carbocycles. The van der Waals surface area contributed by atoms with Gasteiger partial charge in [-0.2, -0.15) is 0 Å². The largest absolute Gasteiger partial charge is 0.373 e. The van der Waals surface area contributed by atoms with Gasteiger partial charge in [0.15, 0.2) is 0 Å². The summed E-state index contributed by atoms with van der Waals surface area (Å²) in [6.07, 6.45) is 0. The molecule has 0 radical (unpaired) electrons. The van der Waals surface area contributed by atoms with Crippen LogP contribution in [0.5, 0.6) is 0 Å². The molecule has 0 aromatic heterocycles. The SMILES string of the molecule is CCOC1(C)CN(CC(F)(F)CN)C1. The first-order chi connectivity index (χ1) is 6.41. The summed E-state index contributed by atoms with van der Waals surface area (Å²) >= 11 is 0. The smallest absolute Gasteiger partial charge is 0.272 e. The predicted molar refractivity (Wildman–Crippen MR) is 50.5 cm³/mol. The Balaban J connectivity index is 2.28. The maximum absolute atomic E-state index is 12.9. The van der Waals surface area contributed by atoms with Gasteiger partial charge in [0.1, 0.15) is 0 Å². The van der Waals surface area contributed by atoms with Gasteiger partial charge >= 0.3 is 0 Å². The van der Waals surface area contributed by atoms with Crippen LogP contribution in [0.4, 0.5) is 8.78 Å². The maximum Gasteiger partial charge on any atom is 0.272 e. The quantitative estimate of drug-likeness (QED) is 0.722. The van der Waals surface area contributed by atoms with Crippen molar-refractivity contribution in [3.63, 3.8) is 0 Å². The molecular formula is C9H18F2N2O. The molecule has 0 bridgehead atoms. The minimum absolute atomic E-state index is 0.237. The normalized spacial score (nSPS) is 22.1. The summed E-state index contributed by atoms with van der Waals surface area (Å²) in [5.74, 6) is -2.77. The molecule has 84 valence electrons. The van der Waals surface area contributed by atoms with Crippen LogP contribution in [0, 0.1) is 0 Å². The van der Waals surface area contributed by atoms with Crippen molar-refractivity contribution in [1.82, 2.24) is 4.90 Å². The monoisotopic (exact) mass is 208 g/mol. The molecule has 3 nitrogen and oxygen atoms in total. The molecule has 1 rings (SSSR count). The van der Waals surface area contributed by atoms with Crippen molar-refractivity contribution in [1.29, 1.82) is 0 Å². The zero-order valence-corrected chi connectivity index (χ0v) is 8.72. The lowest BCUT2D eigenvalue weighted by Crippen LogP contribution is -2.63. The van der Waals surface area contributed by atoms with Crippen molar-refractivity contribution in [2.45, 2.75) is 25.4 Å². The Bertz CT molecular complexity index is 193. The first-order valence-electron chi connectivity index (χ1n) is 4.85. The van der Waals surface area contributed by atoms with Gasteiger partial charge in [-0.05, 0) is 13.8 Å². The molecule has 1 fully saturated rings. The van der Waals surface area contributed by atoms with Gasteiger partial charge in [0.2, 0.25) is 0 Å². The van der Waals surface area contributed by atoms with E-state index in [9.17, 15) is 8.78 Å². The predicted octanol–water partition coefficient (Wildman–Crippen LogP) is 0.691. The number of nitrogens with two attached hydrogens (primary N) is 1. The Hall–Kier alpha value is -0.260. The molecule has 0 aliphatic carbocycles. The Labute approximate surface area is 83.2 Å². The molecule has 2 N–H and O–H groups in total. The summed E-state index contributed by atoms with van der Waals surface area (Å²) in [6, 6.07) is 0. The van der Waals surface area contributed by atoms with Crippen LogP contribution < -0.4 is 5.73 Å². The Kier molecular flexibility index (Phi) is 3.44. The Morgan fingerprint density at radius 2 is 2.07 bits per heavy atom. The number of ether oxygens (including phenoxy) is 1. The minimum atomic E-state index is -2.77. The second-order valence-corrected chi connectivity index (χ2v) is 4.09. The van der Waals surface area contributed by atoms with Gasteiger partial charge in [-0.3, -0.25) is 4.90 Å². The lowest BCUT2D eigenvalue weighted by molar-refractivity contribution is -0.152. The first-order valence-corrected chi connectivity index (χ1v) is 4.85. The molecule has 1 aliphatic rings. The minimum Gasteiger partial charge on any atom is -0.373 e. The molecule has 0 atom stereocenters. The molecule has 0 aromatic carbocycles. The van der Waals surface area contributed by atoms with E-state index in [4.69, 9.17) is 10.5 Å². The maximum atomic E-state index is 12.9. The second kappa shape index (κ2) is 4.08. The average Bonchev–Trinajstić information content (AvgIpc) is 2.01. The highest BCUT2D eigenvalue weighted by atomic mass is 19.3. The summed E-state index contributed by atoms with van der Waals surface area (Å²) in [4.78, 5) is 1.67. The highest BCUT2D eigenvalue weighted by molar-refractivity contribution is 4.95. The van der Waals surface area contributed by atoms with Crippen molar-refractivity contribution >= 4 is 0 Å². The second-order valence-electron chi connectivity index (χ2n) is 4.09. The summed E-state index contributed by atoms with van der Waals surface area (Å²) in [7, 11) is 0. The zero-order chi connectivity index (χ0) is 10.8. The molecule has 5 heteroatoms. The van der Waals surface area contributed by atoms with E-state index in [0.29, 0.717) is 19.7 Å². The third-order valence-corrected chi connectivity index (χ3v) is 2.36. The molecule has 1 aliphatic heterocycles. The highest BCUT2D eigenvalue weighted by Crippen LogP contribution is 2.27. The van der Waals surface area contributed by atoms with E-state index in [1.807, 2.05) is 13.8 Å². The summed E-state index contributed by atoms with van der Waals surface area (Å²) in [5, 5.41) is 0. The topological polar surface area (TPSA) is 38.5 Å². The first kappa shape index (κ1) is 11.8. The van der Waals surface area contributed by atoms with Crippen LogP contribution in [0.25, 0.3) is 0 Å². The summed E-state index contributed by atoms with van der Waals surface area (Å²) in [6.45, 7) is 4.75. The third-order valence-electron chi connectivity index (χ3n) is 2.36.